The highest BCUT2D eigenvalue weighted by molar-refractivity contribution is 5.98. The summed E-state index contributed by atoms with van der Waals surface area (Å²) in [6.07, 6.45) is 8.99. The number of nitrogens with zero attached hydrogens (tertiary/aromatic N) is 2. The van der Waals surface area contributed by atoms with Crippen LogP contribution in [0.3, 0.4) is 0 Å². The monoisotopic (exact) mass is 424 g/mol. The van der Waals surface area contributed by atoms with Crippen LogP contribution in [0.1, 0.15) is 53.6 Å². The quantitative estimate of drug-likeness (QED) is 0.771. The van der Waals surface area contributed by atoms with E-state index in [1.807, 2.05) is 24.3 Å². The van der Waals surface area contributed by atoms with E-state index >= 15 is 0 Å². The van der Waals surface area contributed by atoms with Gasteiger partial charge in [0.05, 0.1) is 0 Å². The molecule has 0 bridgehead atoms. The summed E-state index contributed by atoms with van der Waals surface area (Å²) in [7, 11) is 1.53. The first kappa shape index (κ1) is 22.9. The Morgan fingerprint density at radius 3 is 2.81 bits per heavy atom. The van der Waals surface area contributed by atoms with E-state index in [0.29, 0.717) is 25.2 Å². The fourth-order valence-electron chi connectivity index (χ4n) is 3.77. The van der Waals surface area contributed by atoms with Crippen LogP contribution in [-0.2, 0) is 22.6 Å². The van der Waals surface area contributed by atoms with Gasteiger partial charge in [-0.1, -0.05) is 25.3 Å². The van der Waals surface area contributed by atoms with Crippen molar-refractivity contribution in [2.45, 2.75) is 45.2 Å². The van der Waals surface area contributed by atoms with Crippen LogP contribution in [0.5, 0.6) is 0 Å². The van der Waals surface area contributed by atoms with E-state index in [0.717, 1.165) is 42.6 Å². The Morgan fingerprint density at radius 1 is 1.16 bits per heavy atom. The van der Waals surface area contributed by atoms with Gasteiger partial charge in [-0.05, 0) is 54.8 Å². The average molecular weight is 425 g/mol. The predicted molar refractivity (Wildman–Crippen MR) is 121 cm³/mol. The van der Waals surface area contributed by atoms with Crippen molar-refractivity contribution in [3.63, 3.8) is 0 Å². The fraction of sp³-hybridized carbons (Fsp3) is 0.458. The molecule has 0 saturated carbocycles. The molecule has 0 fully saturated rings. The Bertz CT molecular complexity index is 857. The van der Waals surface area contributed by atoms with Gasteiger partial charge in [-0.3, -0.25) is 14.6 Å². The van der Waals surface area contributed by atoms with Gasteiger partial charge >= 0.3 is 0 Å². The highest BCUT2D eigenvalue weighted by Crippen LogP contribution is 2.24. The number of amides is 2. The first-order chi connectivity index (χ1) is 15.2. The van der Waals surface area contributed by atoms with E-state index in [9.17, 15) is 9.59 Å². The van der Waals surface area contributed by atoms with Crippen LogP contribution in [0, 0.1) is 0 Å². The molecule has 2 N–H and O–H groups in total. The number of carbonyl (C=O) groups excluding carboxylic acids is 2. The first-order valence-corrected chi connectivity index (χ1v) is 11.0. The minimum absolute atomic E-state index is 0.0419. The summed E-state index contributed by atoms with van der Waals surface area (Å²) >= 11 is 0. The number of rotatable bonds is 5. The minimum Gasteiger partial charge on any atom is -0.375 e. The van der Waals surface area contributed by atoms with Crippen LogP contribution < -0.4 is 15.5 Å². The molecule has 7 heteroatoms. The molecule has 1 aromatic carbocycles. The highest BCUT2D eigenvalue weighted by Gasteiger charge is 2.20. The summed E-state index contributed by atoms with van der Waals surface area (Å²) < 4.78 is 5.10. The zero-order valence-corrected chi connectivity index (χ0v) is 18.2. The van der Waals surface area contributed by atoms with Crippen molar-refractivity contribution >= 4 is 17.5 Å². The van der Waals surface area contributed by atoms with Gasteiger partial charge in [0.1, 0.15) is 6.61 Å². The van der Waals surface area contributed by atoms with Crippen LogP contribution >= 0.6 is 0 Å². The van der Waals surface area contributed by atoms with Crippen molar-refractivity contribution in [1.29, 1.82) is 0 Å². The third-order valence-electron chi connectivity index (χ3n) is 5.43. The number of anilines is 1. The second-order valence-corrected chi connectivity index (χ2v) is 7.81. The smallest absolute Gasteiger partial charge is 0.252 e. The van der Waals surface area contributed by atoms with E-state index < -0.39 is 0 Å². The number of aromatic nitrogens is 1. The van der Waals surface area contributed by atoms with E-state index in [4.69, 9.17) is 4.74 Å². The second-order valence-electron chi connectivity index (χ2n) is 7.81. The molecule has 2 heterocycles. The third kappa shape index (κ3) is 6.87. The lowest BCUT2D eigenvalue weighted by atomic mass is 10.0. The molecule has 0 spiro atoms. The molecule has 2 aromatic rings. The number of ether oxygens (including phenoxy) is 1. The number of carbonyl (C=O) groups is 2. The topological polar surface area (TPSA) is 83.6 Å². The van der Waals surface area contributed by atoms with Crippen molar-refractivity contribution < 1.29 is 14.3 Å². The highest BCUT2D eigenvalue weighted by atomic mass is 16.5. The zero-order chi connectivity index (χ0) is 21.9. The second kappa shape index (κ2) is 12.2. The maximum absolute atomic E-state index is 12.8. The minimum atomic E-state index is -0.146. The number of methoxy groups -OCH3 is 1. The van der Waals surface area contributed by atoms with Gasteiger partial charge in [0.15, 0.2) is 0 Å². The summed E-state index contributed by atoms with van der Waals surface area (Å²) in [4.78, 5) is 31.4. The number of benzene rings is 1. The van der Waals surface area contributed by atoms with E-state index in [2.05, 4.69) is 15.6 Å². The number of nitrogens with one attached hydrogen (secondary N) is 2. The molecule has 1 aliphatic heterocycles. The lowest BCUT2D eigenvalue weighted by Gasteiger charge is -2.26. The van der Waals surface area contributed by atoms with Crippen LogP contribution in [0.15, 0.2) is 42.7 Å². The van der Waals surface area contributed by atoms with Crippen molar-refractivity contribution in [1.82, 2.24) is 15.6 Å². The van der Waals surface area contributed by atoms with E-state index in [1.54, 1.807) is 23.4 Å². The largest absolute Gasteiger partial charge is 0.375 e. The van der Waals surface area contributed by atoms with Gasteiger partial charge in [0, 0.05) is 50.4 Å². The van der Waals surface area contributed by atoms with Crippen molar-refractivity contribution in [2.75, 3.05) is 31.7 Å². The molecule has 31 heavy (non-hydrogen) atoms. The maximum atomic E-state index is 12.8. The molecule has 0 saturated heterocycles. The molecule has 1 aromatic heterocycles. The Kier molecular flexibility index (Phi) is 8.99. The summed E-state index contributed by atoms with van der Waals surface area (Å²) in [6, 6.07) is 9.33. The summed E-state index contributed by atoms with van der Waals surface area (Å²) in [5.41, 5.74) is 3.31. The number of fused-ring (bicyclic) bond motifs is 1. The molecule has 0 radical (unpaired) electrons. The molecular formula is C24H32N4O3. The summed E-state index contributed by atoms with van der Waals surface area (Å²) in [5, 5.41) is 6.41. The van der Waals surface area contributed by atoms with Crippen molar-refractivity contribution in [3.05, 3.63) is 59.4 Å². The molecule has 0 aliphatic carbocycles. The van der Waals surface area contributed by atoms with Gasteiger partial charge in [0.25, 0.3) is 11.8 Å². The van der Waals surface area contributed by atoms with Crippen LogP contribution in [-0.4, -0.2) is 43.6 Å². The van der Waals surface area contributed by atoms with Gasteiger partial charge in [0.2, 0.25) is 0 Å². The molecule has 0 atom stereocenters. The summed E-state index contributed by atoms with van der Waals surface area (Å²) in [6.45, 7) is 2.64. The van der Waals surface area contributed by atoms with Crippen molar-refractivity contribution in [2.24, 2.45) is 0 Å². The van der Waals surface area contributed by atoms with E-state index in [1.165, 1.54) is 20.0 Å². The molecule has 7 nitrogen and oxygen atoms in total. The van der Waals surface area contributed by atoms with Gasteiger partial charge < -0.3 is 20.3 Å². The van der Waals surface area contributed by atoms with E-state index in [-0.39, 0.29) is 18.4 Å². The van der Waals surface area contributed by atoms with Gasteiger partial charge in [-0.2, -0.15) is 0 Å². The van der Waals surface area contributed by atoms with Crippen LogP contribution in [0.2, 0.25) is 0 Å². The third-order valence-corrected chi connectivity index (χ3v) is 5.43. The molecule has 166 valence electrons. The number of hydrogen-bond donors (Lipinski definition) is 2. The molecule has 0 unspecified atom stereocenters. The standard InChI is InChI=1S/C24H32N4O3/c1-31-18-23(29)28-13-6-4-2-3-5-11-26-17-21-14-20(9-10-22(21)28)24(30)27-16-19-8-7-12-25-15-19/h7-10,12,14-15,26H,2-6,11,13,16-18H2,1H3,(H,27,30). The Morgan fingerprint density at radius 2 is 2.00 bits per heavy atom. The SMILES string of the molecule is COCC(=O)N1CCCCCCCNCc2cc(C(=O)NCc3cccnc3)ccc21. The molecule has 1 aliphatic rings. The zero-order valence-electron chi connectivity index (χ0n) is 18.2. The Balaban J connectivity index is 1.81. The lowest BCUT2D eigenvalue weighted by molar-refractivity contribution is -0.122. The molecule has 3 rings (SSSR count). The van der Waals surface area contributed by atoms with Crippen molar-refractivity contribution in [3.8, 4) is 0 Å². The summed E-state index contributed by atoms with van der Waals surface area (Å²) in [5.74, 6) is -0.206. The molecular weight excluding hydrogens is 392 g/mol. The van der Waals surface area contributed by atoms with Gasteiger partial charge in [-0.25, -0.2) is 0 Å². The Labute approximate surface area is 184 Å². The van der Waals surface area contributed by atoms with Gasteiger partial charge in [-0.15, -0.1) is 0 Å². The maximum Gasteiger partial charge on any atom is 0.252 e. The molecule has 2 amide bonds. The Hall–Kier alpha value is -2.77. The first-order valence-electron chi connectivity index (χ1n) is 11.0. The van der Waals surface area contributed by atoms with Crippen LogP contribution in [0.4, 0.5) is 5.69 Å². The van der Waals surface area contributed by atoms with Crippen LogP contribution in [0.25, 0.3) is 0 Å². The number of pyridine rings is 1. The average Bonchev–Trinajstić information content (AvgIpc) is 2.78. The lowest BCUT2D eigenvalue weighted by Crippen LogP contribution is -2.36. The normalized spacial score (nSPS) is 15.3. The number of hydrogen-bond acceptors (Lipinski definition) is 5. The predicted octanol–water partition coefficient (Wildman–Crippen LogP) is 3.04. The fourth-order valence-corrected chi connectivity index (χ4v) is 3.77.